The highest BCUT2D eigenvalue weighted by Gasteiger charge is 2.31. The third-order valence-corrected chi connectivity index (χ3v) is 7.13. The lowest BCUT2D eigenvalue weighted by Gasteiger charge is -2.39. The summed E-state index contributed by atoms with van der Waals surface area (Å²) in [7, 11) is 0. The number of phenolic OH excluding ortho intramolecular Hbond substituents is 1. The molecule has 3 aromatic heterocycles. The molecule has 2 aromatic carbocycles. The molecule has 1 aliphatic heterocycles. The summed E-state index contributed by atoms with van der Waals surface area (Å²) >= 11 is 0. The van der Waals surface area contributed by atoms with E-state index >= 15 is 0 Å². The predicted octanol–water partition coefficient (Wildman–Crippen LogP) is 4.88. The van der Waals surface area contributed by atoms with Crippen LogP contribution in [0.5, 0.6) is 5.75 Å². The van der Waals surface area contributed by atoms with Gasteiger partial charge in [0.2, 0.25) is 5.95 Å². The number of aromatic nitrogens is 5. The molecule has 6 rings (SSSR count). The monoisotopic (exact) mass is 522 g/mol. The Labute approximate surface area is 224 Å². The largest absolute Gasteiger partial charge is 0.507 e. The van der Waals surface area contributed by atoms with Crippen LogP contribution in [0.15, 0.2) is 71.5 Å². The molecule has 5 aromatic rings. The Balaban J connectivity index is 1.12. The van der Waals surface area contributed by atoms with E-state index in [0.717, 1.165) is 24.0 Å². The van der Waals surface area contributed by atoms with Crippen LogP contribution in [0, 0.1) is 5.92 Å². The van der Waals surface area contributed by atoms with Crippen molar-refractivity contribution >= 4 is 22.8 Å². The number of aromatic hydroxyl groups is 1. The van der Waals surface area contributed by atoms with E-state index in [1.165, 1.54) is 5.56 Å². The standard InChI is InChI=1S/C29H26N6O4/c1-16(2)27(28(37)38)26-11-23(34-39-26)19-12-30-29(31-13-19)35-14-20(15-35)17-7-8-18-10-24(33-32-22(18)9-17)21-5-3-4-6-25(21)36/h3-13,16,20,27,36H,14-15H2,1-2H3,(H,37,38). The zero-order valence-electron chi connectivity index (χ0n) is 21.4. The van der Waals surface area contributed by atoms with Gasteiger partial charge in [0, 0.05) is 54.0 Å². The molecule has 1 saturated heterocycles. The summed E-state index contributed by atoms with van der Waals surface area (Å²) in [4.78, 5) is 22.7. The molecule has 0 aliphatic carbocycles. The van der Waals surface area contributed by atoms with Gasteiger partial charge in [0.1, 0.15) is 17.4 Å². The van der Waals surface area contributed by atoms with Crippen molar-refractivity contribution in [2.24, 2.45) is 5.92 Å². The van der Waals surface area contributed by atoms with Gasteiger partial charge in [-0.2, -0.15) is 0 Å². The van der Waals surface area contributed by atoms with E-state index in [0.29, 0.717) is 40.1 Å². The summed E-state index contributed by atoms with van der Waals surface area (Å²) in [6.45, 7) is 5.21. The summed E-state index contributed by atoms with van der Waals surface area (Å²) in [6.07, 6.45) is 3.35. The third-order valence-electron chi connectivity index (χ3n) is 7.13. The number of para-hydroxylation sites is 1. The van der Waals surface area contributed by atoms with E-state index in [1.807, 2.05) is 38.1 Å². The highest BCUT2D eigenvalue weighted by molar-refractivity contribution is 5.83. The molecule has 4 heterocycles. The van der Waals surface area contributed by atoms with Crippen LogP contribution in [-0.4, -0.2) is 54.6 Å². The molecule has 0 saturated carbocycles. The van der Waals surface area contributed by atoms with Crippen LogP contribution in [0.2, 0.25) is 0 Å². The number of hydrogen-bond acceptors (Lipinski definition) is 9. The van der Waals surface area contributed by atoms with Crippen molar-refractivity contribution in [2.45, 2.75) is 25.7 Å². The van der Waals surface area contributed by atoms with Gasteiger partial charge in [-0.25, -0.2) is 9.97 Å². The van der Waals surface area contributed by atoms with Crippen LogP contribution < -0.4 is 4.90 Å². The van der Waals surface area contributed by atoms with Crippen molar-refractivity contribution in [3.63, 3.8) is 0 Å². The highest BCUT2D eigenvalue weighted by atomic mass is 16.5. The van der Waals surface area contributed by atoms with E-state index in [1.54, 1.807) is 30.6 Å². The Bertz CT molecular complexity index is 1660. The van der Waals surface area contributed by atoms with E-state index < -0.39 is 11.9 Å². The van der Waals surface area contributed by atoms with E-state index in [2.05, 4.69) is 42.4 Å². The fourth-order valence-electron chi connectivity index (χ4n) is 4.91. The predicted molar refractivity (Wildman–Crippen MR) is 144 cm³/mol. The van der Waals surface area contributed by atoms with Gasteiger partial charge in [-0.3, -0.25) is 4.79 Å². The number of nitrogens with zero attached hydrogens (tertiary/aromatic N) is 6. The summed E-state index contributed by atoms with van der Waals surface area (Å²) < 4.78 is 5.32. The number of carbonyl (C=O) groups is 1. The number of fused-ring (bicyclic) bond motifs is 1. The second-order valence-corrected chi connectivity index (χ2v) is 10.1. The van der Waals surface area contributed by atoms with Crippen molar-refractivity contribution in [1.29, 1.82) is 0 Å². The molecule has 1 fully saturated rings. The number of hydrogen-bond donors (Lipinski definition) is 2. The molecule has 39 heavy (non-hydrogen) atoms. The molecule has 1 atom stereocenters. The molecule has 0 bridgehead atoms. The first-order chi connectivity index (χ1) is 18.9. The molecule has 0 radical (unpaired) electrons. The second kappa shape index (κ2) is 9.79. The lowest BCUT2D eigenvalue weighted by Crippen LogP contribution is -2.45. The first kappa shape index (κ1) is 24.5. The number of benzene rings is 2. The smallest absolute Gasteiger partial charge is 0.314 e. The minimum absolute atomic E-state index is 0.128. The molecule has 2 N–H and O–H groups in total. The molecule has 196 valence electrons. The first-order valence-corrected chi connectivity index (χ1v) is 12.7. The molecule has 10 heteroatoms. The maximum absolute atomic E-state index is 11.6. The van der Waals surface area contributed by atoms with Gasteiger partial charge < -0.3 is 19.6 Å². The summed E-state index contributed by atoms with van der Waals surface area (Å²) in [6, 6.07) is 16.9. The lowest BCUT2D eigenvalue weighted by molar-refractivity contribution is -0.140. The van der Waals surface area contributed by atoms with Gasteiger partial charge in [-0.15, -0.1) is 10.2 Å². The van der Waals surface area contributed by atoms with Gasteiger partial charge in [-0.1, -0.05) is 43.3 Å². The summed E-state index contributed by atoms with van der Waals surface area (Å²) in [5.41, 5.74) is 4.43. The Morgan fingerprint density at radius 1 is 1.00 bits per heavy atom. The summed E-state index contributed by atoms with van der Waals surface area (Å²) in [5.74, 6) is -0.395. The molecule has 1 aliphatic rings. The zero-order chi connectivity index (χ0) is 27.1. The number of anilines is 1. The number of carboxylic acids is 1. The van der Waals surface area contributed by atoms with Gasteiger partial charge in [0.15, 0.2) is 5.76 Å². The Kier molecular flexibility index (Phi) is 6.14. The van der Waals surface area contributed by atoms with Crippen LogP contribution >= 0.6 is 0 Å². The first-order valence-electron chi connectivity index (χ1n) is 12.7. The summed E-state index contributed by atoms with van der Waals surface area (Å²) in [5, 5.41) is 33.3. The average Bonchev–Trinajstić information content (AvgIpc) is 3.37. The Hall–Kier alpha value is -4.86. The minimum Gasteiger partial charge on any atom is -0.507 e. The van der Waals surface area contributed by atoms with E-state index in [4.69, 9.17) is 4.52 Å². The fourth-order valence-corrected chi connectivity index (χ4v) is 4.91. The van der Waals surface area contributed by atoms with Crippen molar-refractivity contribution in [3.8, 4) is 28.3 Å². The lowest BCUT2D eigenvalue weighted by atomic mass is 9.91. The van der Waals surface area contributed by atoms with Gasteiger partial charge >= 0.3 is 5.97 Å². The number of rotatable bonds is 7. The topological polar surface area (TPSA) is 138 Å². The van der Waals surface area contributed by atoms with Crippen molar-refractivity contribution in [2.75, 3.05) is 18.0 Å². The van der Waals surface area contributed by atoms with Crippen LogP contribution in [0.1, 0.15) is 37.0 Å². The van der Waals surface area contributed by atoms with Gasteiger partial charge in [0.05, 0.1) is 11.2 Å². The minimum atomic E-state index is -0.942. The fraction of sp³-hybridized carbons (Fsp3) is 0.241. The van der Waals surface area contributed by atoms with Crippen LogP contribution in [-0.2, 0) is 4.79 Å². The molecule has 0 spiro atoms. The quantitative estimate of drug-likeness (QED) is 0.304. The zero-order valence-corrected chi connectivity index (χ0v) is 21.4. The molecule has 0 amide bonds. The van der Waals surface area contributed by atoms with E-state index in [9.17, 15) is 15.0 Å². The molecular formula is C29H26N6O4. The Morgan fingerprint density at radius 2 is 1.77 bits per heavy atom. The van der Waals surface area contributed by atoms with Crippen LogP contribution in [0.4, 0.5) is 5.95 Å². The van der Waals surface area contributed by atoms with Crippen LogP contribution in [0.3, 0.4) is 0 Å². The number of aliphatic carboxylic acids is 1. The van der Waals surface area contributed by atoms with Crippen LogP contribution in [0.25, 0.3) is 33.4 Å². The number of carboxylic acid groups (broad SMARTS) is 1. The van der Waals surface area contributed by atoms with Crippen molar-refractivity contribution in [3.05, 3.63) is 78.3 Å². The average molecular weight is 523 g/mol. The van der Waals surface area contributed by atoms with Crippen molar-refractivity contribution in [1.82, 2.24) is 25.3 Å². The highest BCUT2D eigenvalue weighted by Crippen LogP contribution is 2.34. The maximum Gasteiger partial charge on any atom is 0.314 e. The van der Waals surface area contributed by atoms with E-state index in [-0.39, 0.29) is 11.7 Å². The van der Waals surface area contributed by atoms with Crippen molar-refractivity contribution < 1.29 is 19.5 Å². The maximum atomic E-state index is 11.6. The number of phenols is 1. The normalized spacial score (nSPS) is 14.5. The molecule has 1 unspecified atom stereocenters. The second-order valence-electron chi connectivity index (χ2n) is 10.1. The molecule has 10 nitrogen and oxygen atoms in total. The van der Waals surface area contributed by atoms with Gasteiger partial charge in [0.25, 0.3) is 0 Å². The SMILES string of the molecule is CC(C)C(C(=O)O)c1cc(-c2cnc(N3CC(c4ccc5cc(-c6ccccc6O)nnc5c4)C3)nc2)no1. The molecular weight excluding hydrogens is 496 g/mol. The van der Waals surface area contributed by atoms with Gasteiger partial charge in [-0.05, 0) is 35.7 Å². The Morgan fingerprint density at radius 3 is 2.49 bits per heavy atom. The third kappa shape index (κ3) is 4.65.